The lowest BCUT2D eigenvalue weighted by Gasteiger charge is -2.38. The Balaban J connectivity index is 0.00000341. The third-order valence-electron chi connectivity index (χ3n) is 6.31. The summed E-state index contributed by atoms with van der Waals surface area (Å²) in [6.07, 6.45) is 2.54. The lowest BCUT2D eigenvalue weighted by Crippen LogP contribution is -2.55. The third-order valence-corrected chi connectivity index (χ3v) is 6.31. The second-order valence-electron chi connectivity index (χ2n) is 8.53. The van der Waals surface area contributed by atoms with Crippen LogP contribution in [0, 0.1) is 0 Å². The Labute approximate surface area is 205 Å². The van der Waals surface area contributed by atoms with E-state index in [9.17, 15) is 0 Å². The molecule has 0 aromatic heterocycles. The standard InChI is InChI=1S/C23H40N6O.HI/c1-5-24-23(25-16-20-18-27(2)13-14-28(20)3)26-17-22(29-11-6-7-12-29)19-9-8-10-21(15-19)30-4;/h8-10,15,20,22H,5-7,11-14,16-18H2,1-4H3,(H2,24,25,26);1H. The number of ether oxygens (including phenoxy) is 1. The highest BCUT2D eigenvalue weighted by Crippen LogP contribution is 2.27. The third kappa shape index (κ3) is 7.76. The maximum Gasteiger partial charge on any atom is 0.191 e. The Hall–Kier alpha value is -1.10. The van der Waals surface area contributed by atoms with Gasteiger partial charge >= 0.3 is 0 Å². The quantitative estimate of drug-likeness (QED) is 0.298. The number of rotatable bonds is 8. The van der Waals surface area contributed by atoms with E-state index in [-0.39, 0.29) is 30.0 Å². The van der Waals surface area contributed by atoms with E-state index in [1.807, 2.05) is 6.07 Å². The van der Waals surface area contributed by atoms with Gasteiger partial charge in [-0.3, -0.25) is 14.8 Å². The van der Waals surface area contributed by atoms with Crippen LogP contribution < -0.4 is 15.4 Å². The highest BCUT2D eigenvalue weighted by molar-refractivity contribution is 14.0. The average molecular weight is 545 g/mol. The Morgan fingerprint density at radius 2 is 1.94 bits per heavy atom. The first-order valence-corrected chi connectivity index (χ1v) is 11.4. The van der Waals surface area contributed by atoms with Gasteiger partial charge in [-0.15, -0.1) is 24.0 Å². The molecular formula is C23H41IN6O. The van der Waals surface area contributed by atoms with E-state index in [0.717, 1.165) is 64.1 Å². The van der Waals surface area contributed by atoms with Crippen LogP contribution in [0.15, 0.2) is 29.3 Å². The maximum atomic E-state index is 5.47. The van der Waals surface area contributed by atoms with E-state index in [0.29, 0.717) is 6.04 Å². The molecule has 0 aliphatic carbocycles. The maximum absolute atomic E-state index is 5.47. The highest BCUT2D eigenvalue weighted by atomic mass is 127. The summed E-state index contributed by atoms with van der Waals surface area (Å²) in [4.78, 5) is 12.4. The molecule has 0 saturated carbocycles. The largest absolute Gasteiger partial charge is 0.497 e. The number of nitrogens with zero attached hydrogens (tertiary/aromatic N) is 4. The van der Waals surface area contributed by atoms with Crippen molar-refractivity contribution in [2.24, 2.45) is 4.99 Å². The molecule has 2 saturated heterocycles. The van der Waals surface area contributed by atoms with Crippen LogP contribution in [0.5, 0.6) is 5.75 Å². The number of piperazine rings is 1. The van der Waals surface area contributed by atoms with Gasteiger partial charge in [0.1, 0.15) is 5.75 Å². The molecule has 1 aromatic rings. The number of hydrogen-bond donors (Lipinski definition) is 2. The SMILES string of the molecule is CCNC(=NCC(c1cccc(OC)c1)N1CCCC1)NCC1CN(C)CCN1C.I. The van der Waals surface area contributed by atoms with Gasteiger partial charge in [0, 0.05) is 38.8 Å². The Kier molecular flexibility index (Phi) is 11.3. The predicted octanol–water partition coefficient (Wildman–Crippen LogP) is 2.25. The van der Waals surface area contributed by atoms with Gasteiger partial charge in [-0.25, -0.2) is 0 Å². The molecule has 2 aliphatic heterocycles. The van der Waals surface area contributed by atoms with Crippen molar-refractivity contribution in [2.45, 2.75) is 31.8 Å². The van der Waals surface area contributed by atoms with Gasteiger partial charge in [-0.2, -0.15) is 0 Å². The van der Waals surface area contributed by atoms with Crippen molar-refractivity contribution in [3.05, 3.63) is 29.8 Å². The molecule has 8 heteroatoms. The molecule has 2 atom stereocenters. The Bertz CT molecular complexity index is 682. The summed E-state index contributed by atoms with van der Waals surface area (Å²) in [7, 11) is 6.15. The molecule has 0 bridgehead atoms. The molecule has 7 nitrogen and oxygen atoms in total. The lowest BCUT2D eigenvalue weighted by molar-refractivity contribution is 0.116. The monoisotopic (exact) mass is 544 g/mol. The van der Waals surface area contributed by atoms with Crippen LogP contribution >= 0.6 is 24.0 Å². The van der Waals surface area contributed by atoms with Crippen molar-refractivity contribution in [3.8, 4) is 5.75 Å². The number of halogens is 1. The van der Waals surface area contributed by atoms with Crippen LogP contribution in [0.3, 0.4) is 0 Å². The van der Waals surface area contributed by atoms with Gasteiger partial charge < -0.3 is 20.3 Å². The first-order valence-electron chi connectivity index (χ1n) is 11.4. The van der Waals surface area contributed by atoms with Crippen LogP contribution in [-0.2, 0) is 0 Å². The second kappa shape index (κ2) is 13.4. The van der Waals surface area contributed by atoms with Crippen molar-refractivity contribution in [3.63, 3.8) is 0 Å². The number of benzene rings is 1. The molecule has 2 aliphatic rings. The summed E-state index contributed by atoms with van der Waals surface area (Å²) in [5.74, 6) is 1.82. The number of likely N-dealkylation sites (tertiary alicyclic amines) is 1. The lowest BCUT2D eigenvalue weighted by atomic mass is 10.1. The smallest absolute Gasteiger partial charge is 0.191 e. The van der Waals surface area contributed by atoms with Crippen molar-refractivity contribution >= 4 is 29.9 Å². The van der Waals surface area contributed by atoms with Gasteiger partial charge in [-0.1, -0.05) is 12.1 Å². The molecular weight excluding hydrogens is 503 g/mol. The summed E-state index contributed by atoms with van der Waals surface area (Å²) in [6, 6.07) is 9.23. The van der Waals surface area contributed by atoms with Crippen molar-refractivity contribution in [2.75, 3.05) is 73.6 Å². The summed E-state index contributed by atoms with van der Waals surface area (Å²) < 4.78 is 5.47. The molecule has 0 amide bonds. The summed E-state index contributed by atoms with van der Waals surface area (Å²) >= 11 is 0. The molecule has 0 radical (unpaired) electrons. The Morgan fingerprint density at radius 1 is 1.16 bits per heavy atom. The van der Waals surface area contributed by atoms with Crippen LogP contribution in [0.25, 0.3) is 0 Å². The zero-order chi connectivity index (χ0) is 21.3. The topological polar surface area (TPSA) is 55.4 Å². The molecule has 2 N–H and O–H groups in total. The fourth-order valence-corrected chi connectivity index (χ4v) is 4.39. The first-order chi connectivity index (χ1) is 14.6. The van der Waals surface area contributed by atoms with E-state index < -0.39 is 0 Å². The van der Waals surface area contributed by atoms with Crippen LogP contribution in [-0.4, -0.2) is 100 Å². The molecule has 1 aromatic carbocycles. The minimum atomic E-state index is 0. The van der Waals surface area contributed by atoms with Crippen LogP contribution in [0.2, 0.25) is 0 Å². The minimum Gasteiger partial charge on any atom is -0.497 e. The number of hydrogen-bond acceptors (Lipinski definition) is 5. The zero-order valence-electron chi connectivity index (χ0n) is 19.6. The fourth-order valence-electron chi connectivity index (χ4n) is 4.39. The predicted molar refractivity (Wildman–Crippen MR) is 140 cm³/mol. The number of nitrogens with one attached hydrogen (secondary N) is 2. The number of likely N-dealkylation sites (N-methyl/N-ethyl adjacent to an activating group) is 2. The van der Waals surface area contributed by atoms with Crippen molar-refractivity contribution in [1.29, 1.82) is 0 Å². The molecule has 0 spiro atoms. The number of methoxy groups -OCH3 is 1. The molecule has 3 rings (SSSR count). The van der Waals surface area contributed by atoms with Gasteiger partial charge in [0.25, 0.3) is 0 Å². The van der Waals surface area contributed by atoms with Crippen LogP contribution in [0.1, 0.15) is 31.4 Å². The highest BCUT2D eigenvalue weighted by Gasteiger charge is 2.25. The molecule has 2 fully saturated rings. The van der Waals surface area contributed by atoms with E-state index >= 15 is 0 Å². The fraction of sp³-hybridized carbons (Fsp3) is 0.696. The molecule has 176 valence electrons. The summed E-state index contributed by atoms with van der Waals surface area (Å²) in [5.41, 5.74) is 1.28. The van der Waals surface area contributed by atoms with Gasteiger partial charge in [-0.05, 0) is 64.6 Å². The van der Waals surface area contributed by atoms with E-state index in [4.69, 9.17) is 9.73 Å². The van der Waals surface area contributed by atoms with E-state index in [1.165, 1.54) is 18.4 Å². The molecule has 2 heterocycles. The van der Waals surface area contributed by atoms with Crippen molar-refractivity contribution in [1.82, 2.24) is 25.3 Å². The first kappa shape index (κ1) is 26.2. The number of aliphatic imine (C=N–C) groups is 1. The van der Waals surface area contributed by atoms with E-state index in [2.05, 4.69) is 64.6 Å². The normalized spacial score (nSPS) is 22.1. The Morgan fingerprint density at radius 3 is 2.65 bits per heavy atom. The van der Waals surface area contributed by atoms with Gasteiger partial charge in [0.05, 0.1) is 19.7 Å². The summed E-state index contributed by atoms with van der Waals surface area (Å²) in [5, 5.41) is 7.02. The van der Waals surface area contributed by atoms with Crippen LogP contribution in [0.4, 0.5) is 0 Å². The molecule has 31 heavy (non-hydrogen) atoms. The van der Waals surface area contributed by atoms with Crippen molar-refractivity contribution < 1.29 is 4.74 Å². The van der Waals surface area contributed by atoms with Gasteiger partial charge in [0.2, 0.25) is 0 Å². The van der Waals surface area contributed by atoms with E-state index in [1.54, 1.807) is 7.11 Å². The second-order valence-corrected chi connectivity index (χ2v) is 8.53. The zero-order valence-corrected chi connectivity index (χ0v) is 22.0. The molecule has 2 unspecified atom stereocenters. The van der Waals surface area contributed by atoms with Gasteiger partial charge in [0.15, 0.2) is 5.96 Å². The number of guanidine groups is 1. The minimum absolute atomic E-state index is 0. The average Bonchev–Trinajstić information content (AvgIpc) is 3.29. The summed E-state index contributed by atoms with van der Waals surface area (Å²) in [6.45, 7) is 10.2.